The van der Waals surface area contributed by atoms with E-state index in [-0.39, 0.29) is 10.3 Å². The quantitative estimate of drug-likeness (QED) is 0.621. The van der Waals surface area contributed by atoms with E-state index in [1.54, 1.807) is 12.1 Å². The van der Waals surface area contributed by atoms with Crippen LogP contribution in [0.25, 0.3) is 0 Å². The maximum Gasteiger partial charge on any atom is 0.124 e. The highest BCUT2D eigenvalue weighted by Gasteiger charge is 2.17. The summed E-state index contributed by atoms with van der Waals surface area (Å²) in [6.07, 6.45) is 1.95. The van der Waals surface area contributed by atoms with Crippen molar-refractivity contribution in [3.8, 4) is 0 Å². The van der Waals surface area contributed by atoms with E-state index < -0.39 is 10.1 Å². The van der Waals surface area contributed by atoms with Gasteiger partial charge in [-0.25, -0.2) is 8.42 Å². The Morgan fingerprint density at radius 2 is 1.42 bits per heavy atom. The van der Waals surface area contributed by atoms with Crippen molar-refractivity contribution in [1.29, 1.82) is 0 Å². The molecule has 0 heterocycles. The Kier molecular flexibility index (Phi) is 6.30. The van der Waals surface area contributed by atoms with E-state index in [4.69, 9.17) is 0 Å². The molecule has 0 bridgehead atoms. The molecular weight excluding hydrogens is 344 g/mol. The first-order valence-electron chi connectivity index (χ1n) is 9.18. The molecule has 2 aromatic rings. The molecule has 0 fully saturated rings. The average molecular weight is 374 g/mol. The fourth-order valence-electron chi connectivity index (χ4n) is 3.32. The highest BCUT2D eigenvalue weighted by molar-refractivity contribution is 7.85. The molecule has 26 heavy (non-hydrogen) atoms. The molecule has 2 rings (SSSR count). The van der Waals surface area contributed by atoms with Gasteiger partial charge in [0, 0.05) is 0 Å². The Morgan fingerprint density at radius 3 is 1.85 bits per heavy atom. The predicted octanol–water partition coefficient (Wildman–Crippen LogP) is 5.58. The van der Waals surface area contributed by atoms with Gasteiger partial charge in [-0.2, -0.15) is 0 Å². The predicted molar refractivity (Wildman–Crippen MR) is 106 cm³/mol. The summed E-state index contributed by atoms with van der Waals surface area (Å²) in [5, 5.41) is 0. The summed E-state index contributed by atoms with van der Waals surface area (Å²) in [6, 6.07) is 15.2. The summed E-state index contributed by atoms with van der Waals surface area (Å²) in [7, 11) is -4.38. The molecule has 4 heteroatoms. The van der Waals surface area contributed by atoms with Crippen molar-refractivity contribution in [2.24, 2.45) is 0 Å². The average Bonchev–Trinajstić information content (AvgIpc) is 2.58. The monoisotopic (exact) mass is 373 g/mol. The largest absolute Gasteiger partial charge is 0.744 e. The van der Waals surface area contributed by atoms with Gasteiger partial charge in [-0.15, -0.1) is 0 Å². The summed E-state index contributed by atoms with van der Waals surface area (Å²) in [4.78, 5) is -0.165. The molecule has 0 aliphatic carbocycles. The first kappa shape index (κ1) is 20.7. The van der Waals surface area contributed by atoms with Gasteiger partial charge in [-0.05, 0) is 58.9 Å². The molecule has 0 radical (unpaired) electrons. The second-order valence-electron chi connectivity index (χ2n) is 8.14. The van der Waals surface area contributed by atoms with Crippen LogP contribution in [0.2, 0.25) is 0 Å². The van der Waals surface area contributed by atoms with Crippen LogP contribution in [0.5, 0.6) is 0 Å². The lowest BCUT2D eigenvalue weighted by Crippen LogP contribution is -2.11. The number of benzene rings is 2. The van der Waals surface area contributed by atoms with Crippen molar-refractivity contribution >= 4 is 10.1 Å². The number of rotatable bonds is 6. The van der Waals surface area contributed by atoms with Gasteiger partial charge >= 0.3 is 0 Å². The Hall–Kier alpha value is -1.65. The van der Waals surface area contributed by atoms with Crippen molar-refractivity contribution in [2.75, 3.05) is 0 Å². The van der Waals surface area contributed by atoms with Crippen LogP contribution in [-0.2, 0) is 15.5 Å². The maximum absolute atomic E-state index is 11.1. The first-order chi connectivity index (χ1) is 12.0. The summed E-state index contributed by atoms with van der Waals surface area (Å²) in [6.45, 7) is 11.0. The molecule has 0 amide bonds. The summed E-state index contributed by atoms with van der Waals surface area (Å²) < 4.78 is 33.3. The zero-order valence-corrected chi connectivity index (χ0v) is 17.1. The molecule has 2 unspecified atom stereocenters. The highest BCUT2D eigenvalue weighted by atomic mass is 32.2. The Labute approximate surface area is 158 Å². The fraction of sp³-hybridized carbons (Fsp3) is 0.455. The van der Waals surface area contributed by atoms with Crippen molar-refractivity contribution in [3.05, 3.63) is 65.2 Å². The molecule has 2 atom stereocenters. The molecule has 3 nitrogen and oxygen atoms in total. The molecule has 0 N–H and O–H groups in total. The van der Waals surface area contributed by atoms with Crippen LogP contribution in [-0.4, -0.2) is 13.0 Å². The van der Waals surface area contributed by atoms with Crippen LogP contribution in [0.1, 0.15) is 76.0 Å². The van der Waals surface area contributed by atoms with Gasteiger partial charge in [0.2, 0.25) is 0 Å². The van der Waals surface area contributed by atoms with Crippen LogP contribution in [0.15, 0.2) is 53.4 Å². The molecule has 0 aliphatic heterocycles. The van der Waals surface area contributed by atoms with Gasteiger partial charge in [0.05, 0.1) is 4.90 Å². The molecule has 0 spiro atoms. The standard InChI is InChI=1S/C22H30O3S/c1-6-17(19-9-13-21(14-10-19)26(23,24)25)15-16(2)18-7-11-20(12-8-18)22(3,4)5/h7-14,16-17H,6,15H2,1-5H3,(H,23,24,25)/p-1. The van der Waals surface area contributed by atoms with Crippen LogP contribution >= 0.6 is 0 Å². The minimum absolute atomic E-state index is 0.150. The van der Waals surface area contributed by atoms with Crippen LogP contribution in [0, 0.1) is 0 Å². The van der Waals surface area contributed by atoms with Gasteiger partial charge in [-0.3, -0.25) is 0 Å². The van der Waals surface area contributed by atoms with Crippen molar-refractivity contribution in [2.45, 2.75) is 69.6 Å². The Bertz CT molecular complexity index is 813. The van der Waals surface area contributed by atoms with Gasteiger partial charge in [-0.1, -0.05) is 71.0 Å². The van der Waals surface area contributed by atoms with E-state index in [2.05, 4.69) is 58.9 Å². The summed E-state index contributed by atoms with van der Waals surface area (Å²) >= 11 is 0. The summed E-state index contributed by atoms with van der Waals surface area (Å²) in [5.41, 5.74) is 3.88. The lowest BCUT2D eigenvalue weighted by atomic mass is 9.82. The normalized spacial score (nSPS) is 14.8. The highest BCUT2D eigenvalue weighted by Crippen LogP contribution is 2.33. The first-order valence-corrected chi connectivity index (χ1v) is 10.6. The molecule has 0 saturated carbocycles. The third kappa shape index (κ3) is 5.18. The maximum atomic E-state index is 11.1. The smallest absolute Gasteiger partial charge is 0.124 e. The van der Waals surface area contributed by atoms with Crippen LogP contribution in [0.3, 0.4) is 0 Å². The van der Waals surface area contributed by atoms with E-state index in [1.807, 2.05) is 0 Å². The molecule has 0 aromatic heterocycles. The molecule has 142 valence electrons. The van der Waals surface area contributed by atoms with Crippen molar-refractivity contribution in [1.82, 2.24) is 0 Å². The van der Waals surface area contributed by atoms with E-state index in [9.17, 15) is 13.0 Å². The van der Waals surface area contributed by atoms with E-state index in [0.29, 0.717) is 11.8 Å². The molecular formula is C22H29O3S-. The second kappa shape index (κ2) is 7.93. The van der Waals surface area contributed by atoms with Crippen LogP contribution in [0.4, 0.5) is 0 Å². The lowest BCUT2D eigenvalue weighted by molar-refractivity contribution is 0.463. The van der Waals surface area contributed by atoms with Crippen molar-refractivity contribution in [3.63, 3.8) is 0 Å². The Balaban J connectivity index is 2.14. The number of hydrogen-bond donors (Lipinski definition) is 0. The summed E-state index contributed by atoms with van der Waals surface area (Å²) in [5.74, 6) is 0.729. The van der Waals surface area contributed by atoms with E-state index >= 15 is 0 Å². The number of hydrogen-bond acceptors (Lipinski definition) is 3. The molecule has 2 aromatic carbocycles. The fourth-order valence-corrected chi connectivity index (χ4v) is 3.79. The van der Waals surface area contributed by atoms with Gasteiger partial charge in [0.1, 0.15) is 10.1 Å². The molecule has 0 saturated heterocycles. The van der Waals surface area contributed by atoms with Gasteiger partial charge in [0.25, 0.3) is 0 Å². The SMILES string of the molecule is CCC(CC(C)c1ccc(C(C)(C)C)cc1)c1ccc(S(=O)(=O)[O-])cc1. The second-order valence-corrected chi connectivity index (χ2v) is 9.52. The van der Waals surface area contributed by atoms with Crippen LogP contribution < -0.4 is 0 Å². The van der Waals surface area contributed by atoms with Crippen molar-refractivity contribution < 1.29 is 13.0 Å². The van der Waals surface area contributed by atoms with Gasteiger partial charge in [0.15, 0.2) is 0 Å². The lowest BCUT2D eigenvalue weighted by Gasteiger charge is -2.23. The minimum Gasteiger partial charge on any atom is -0.744 e. The minimum atomic E-state index is -4.38. The van der Waals surface area contributed by atoms with E-state index in [1.165, 1.54) is 23.3 Å². The third-order valence-corrected chi connectivity index (χ3v) is 5.97. The van der Waals surface area contributed by atoms with E-state index in [0.717, 1.165) is 18.4 Å². The van der Waals surface area contributed by atoms with Gasteiger partial charge < -0.3 is 4.55 Å². The Morgan fingerprint density at radius 1 is 0.923 bits per heavy atom. The zero-order chi connectivity index (χ0) is 19.5. The topological polar surface area (TPSA) is 57.2 Å². The zero-order valence-electron chi connectivity index (χ0n) is 16.3. The molecule has 0 aliphatic rings. The third-order valence-electron chi connectivity index (χ3n) is 5.12.